The summed E-state index contributed by atoms with van der Waals surface area (Å²) in [5.74, 6) is -0.786. The summed E-state index contributed by atoms with van der Waals surface area (Å²) >= 11 is 0.779. The lowest BCUT2D eigenvalue weighted by molar-refractivity contribution is -0.127. The molecule has 0 spiro atoms. The topological polar surface area (TPSA) is 105 Å². The Morgan fingerprint density at radius 2 is 1.58 bits per heavy atom. The molecule has 8 nitrogen and oxygen atoms in total. The Labute approximate surface area is 212 Å². The predicted molar refractivity (Wildman–Crippen MR) is 139 cm³/mol. The van der Waals surface area contributed by atoms with Gasteiger partial charge in [-0.05, 0) is 72.3 Å². The van der Waals surface area contributed by atoms with E-state index >= 15 is 0 Å². The fourth-order valence-electron chi connectivity index (χ4n) is 3.38. The second-order valence-corrected chi connectivity index (χ2v) is 8.95. The average Bonchev–Trinajstić information content (AvgIpc) is 3.11. The Kier molecular flexibility index (Phi) is 7.82. The number of anilines is 2. The van der Waals surface area contributed by atoms with Crippen molar-refractivity contribution in [1.82, 2.24) is 4.90 Å². The van der Waals surface area contributed by atoms with Gasteiger partial charge in [0.05, 0.1) is 4.91 Å². The van der Waals surface area contributed by atoms with Crippen molar-refractivity contribution in [3.8, 4) is 5.75 Å². The Bertz CT molecular complexity index is 1320. The van der Waals surface area contributed by atoms with Crippen LogP contribution in [0, 0.1) is 6.92 Å². The third kappa shape index (κ3) is 6.61. The van der Waals surface area contributed by atoms with E-state index in [1.807, 2.05) is 31.2 Å². The molecule has 0 unspecified atom stereocenters. The van der Waals surface area contributed by atoms with Crippen LogP contribution < -0.4 is 15.4 Å². The molecule has 0 atom stereocenters. The van der Waals surface area contributed by atoms with Crippen molar-refractivity contribution in [2.45, 2.75) is 6.92 Å². The monoisotopic (exact) mass is 501 g/mol. The highest BCUT2D eigenvalue weighted by molar-refractivity contribution is 8.18. The van der Waals surface area contributed by atoms with Gasteiger partial charge in [0, 0.05) is 11.4 Å². The van der Waals surface area contributed by atoms with Gasteiger partial charge in [0.1, 0.15) is 12.3 Å². The molecule has 2 N–H and O–H groups in total. The summed E-state index contributed by atoms with van der Waals surface area (Å²) in [5, 5.41) is 4.93. The first-order chi connectivity index (χ1) is 17.4. The number of rotatable bonds is 8. The smallest absolute Gasteiger partial charge is 0.294 e. The van der Waals surface area contributed by atoms with Crippen molar-refractivity contribution in [1.29, 1.82) is 0 Å². The maximum Gasteiger partial charge on any atom is 0.294 e. The van der Waals surface area contributed by atoms with E-state index < -0.39 is 17.1 Å². The van der Waals surface area contributed by atoms with Crippen molar-refractivity contribution in [2.75, 3.05) is 23.8 Å². The zero-order valence-corrected chi connectivity index (χ0v) is 20.2. The van der Waals surface area contributed by atoms with Gasteiger partial charge in [-0.3, -0.25) is 24.1 Å². The number of nitrogens with one attached hydrogen (secondary N) is 2. The highest BCUT2D eigenvalue weighted by Crippen LogP contribution is 2.32. The van der Waals surface area contributed by atoms with E-state index in [0.29, 0.717) is 22.7 Å². The standard InChI is InChI=1S/C27H23N3O5S/c1-18-6-5-9-21(14-18)29-25(32)17-35-22-12-10-19(11-13-22)15-23-26(33)30(27(34)36-23)16-24(31)28-20-7-3-2-4-8-20/h2-15H,16-17H2,1H3,(H,28,31)(H,29,32)/b23-15-. The molecule has 182 valence electrons. The summed E-state index contributed by atoms with van der Waals surface area (Å²) in [5.41, 5.74) is 2.99. The zero-order valence-electron chi connectivity index (χ0n) is 19.4. The number of carbonyl (C=O) groups is 4. The molecule has 0 aliphatic carbocycles. The van der Waals surface area contributed by atoms with E-state index in [1.165, 1.54) is 0 Å². The number of amides is 4. The fourth-order valence-corrected chi connectivity index (χ4v) is 4.22. The molecule has 1 fully saturated rings. The number of nitrogens with zero attached hydrogens (tertiary/aromatic N) is 1. The molecule has 1 aliphatic rings. The number of ether oxygens (including phenoxy) is 1. The first-order valence-corrected chi connectivity index (χ1v) is 11.9. The van der Waals surface area contributed by atoms with Crippen LogP contribution in [0.2, 0.25) is 0 Å². The third-order valence-corrected chi connectivity index (χ3v) is 5.99. The number of benzene rings is 3. The molecule has 1 saturated heterocycles. The zero-order chi connectivity index (χ0) is 25.5. The molecule has 9 heteroatoms. The maximum atomic E-state index is 12.7. The minimum Gasteiger partial charge on any atom is -0.484 e. The molecule has 4 amide bonds. The lowest BCUT2D eigenvalue weighted by Gasteiger charge is -2.12. The van der Waals surface area contributed by atoms with Gasteiger partial charge in [-0.25, -0.2) is 0 Å². The number of carbonyl (C=O) groups excluding carboxylic acids is 4. The van der Waals surface area contributed by atoms with Gasteiger partial charge >= 0.3 is 0 Å². The van der Waals surface area contributed by atoms with Crippen molar-refractivity contribution in [3.05, 3.63) is 94.9 Å². The van der Waals surface area contributed by atoms with Gasteiger partial charge in [0.15, 0.2) is 6.61 Å². The molecule has 0 bridgehead atoms. The van der Waals surface area contributed by atoms with Crippen LogP contribution >= 0.6 is 11.8 Å². The first-order valence-electron chi connectivity index (χ1n) is 11.1. The van der Waals surface area contributed by atoms with Crippen LogP contribution in [0.1, 0.15) is 11.1 Å². The normalized spacial score (nSPS) is 14.1. The van der Waals surface area contributed by atoms with Gasteiger partial charge in [-0.15, -0.1) is 0 Å². The van der Waals surface area contributed by atoms with E-state index in [4.69, 9.17) is 4.74 Å². The number of para-hydroxylation sites is 1. The Hall–Kier alpha value is -4.37. The first kappa shape index (κ1) is 24.7. The largest absolute Gasteiger partial charge is 0.484 e. The van der Waals surface area contributed by atoms with Crippen LogP contribution in [0.3, 0.4) is 0 Å². The average molecular weight is 502 g/mol. The van der Waals surface area contributed by atoms with E-state index in [0.717, 1.165) is 22.2 Å². The summed E-state index contributed by atoms with van der Waals surface area (Å²) in [7, 11) is 0. The van der Waals surface area contributed by atoms with E-state index in [1.54, 1.807) is 60.7 Å². The molecular weight excluding hydrogens is 478 g/mol. The molecule has 4 rings (SSSR count). The highest BCUT2D eigenvalue weighted by atomic mass is 32.2. The van der Waals surface area contributed by atoms with Gasteiger partial charge in [-0.2, -0.15) is 0 Å². The number of hydrogen-bond donors (Lipinski definition) is 2. The van der Waals surface area contributed by atoms with Gasteiger partial charge in [-0.1, -0.05) is 42.5 Å². The van der Waals surface area contributed by atoms with Crippen molar-refractivity contribution in [2.24, 2.45) is 0 Å². The Morgan fingerprint density at radius 1 is 0.889 bits per heavy atom. The summed E-state index contributed by atoms with van der Waals surface area (Å²) in [6.07, 6.45) is 1.58. The van der Waals surface area contributed by atoms with Crippen molar-refractivity contribution >= 4 is 52.2 Å². The minimum atomic E-state index is -0.527. The second kappa shape index (κ2) is 11.4. The van der Waals surface area contributed by atoms with E-state index in [-0.39, 0.29) is 24.0 Å². The molecule has 1 aliphatic heterocycles. The molecule has 0 radical (unpaired) electrons. The third-order valence-electron chi connectivity index (χ3n) is 5.08. The summed E-state index contributed by atoms with van der Waals surface area (Å²) in [4.78, 5) is 50.5. The van der Waals surface area contributed by atoms with E-state index in [2.05, 4.69) is 10.6 Å². The quantitative estimate of drug-likeness (QED) is 0.434. The second-order valence-electron chi connectivity index (χ2n) is 7.96. The summed E-state index contributed by atoms with van der Waals surface area (Å²) < 4.78 is 5.53. The molecular formula is C27H23N3O5S. The van der Waals surface area contributed by atoms with Crippen LogP contribution in [0.25, 0.3) is 6.08 Å². The SMILES string of the molecule is Cc1cccc(NC(=O)COc2ccc(/C=C3\SC(=O)N(CC(=O)Nc4ccccc4)C3=O)cc2)c1. The summed E-state index contributed by atoms with van der Waals surface area (Å²) in [6, 6.07) is 23.0. The van der Waals surface area contributed by atoms with Crippen molar-refractivity contribution < 1.29 is 23.9 Å². The van der Waals surface area contributed by atoms with Crippen LogP contribution in [0.15, 0.2) is 83.8 Å². The maximum absolute atomic E-state index is 12.7. The number of aryl methyl sites for hydroxylation is 1. The van der Waals surface area contributed by atoms with E-state index in [9.17, 15) is 19.2 Å². The van der Waals surface area contributed by atoms with Crippen molar-refractivity contribution in [3.63, 3.8) is 0 Å². The highest BCUT2D eigenvalue weighted by Gasteiger charge is 2.36. The minimum absolute atomic E-state index is 0.156. The predicted octanol–water partition coefficient (Wildman–Crippen LogP) is 4.69. The molecule has 36 heavy (non-hydrogen) atoms. The number of imide groups is 1. The van der Waals surface area contributed by atoms with Crippen LogP contribution in [-0.2, 0) is 14.4 Å². The van der Waals surface area contributed by atoms with Crippen LogP contribution in [0.5, 0.6) is 5.75 Å². The van der Waals surface area contributed by atoms with Gasteiger partial charge < -0.3 is 15.4 Å². The number of hydrogen-bond acceptors (Lipinski definition) is 6. The summed E-state index contributed by atoms with van der Waals surface area (Å²) in [6.45, 7) is 1.42. The molecule has 0 aromatic heterocycles. The fraction of sp³-hybridized carbons (Fsp3) is 0.111. The molecule has 3 aromatic carbocycles. The van der Waals surface area contributed by atoms with Gasteiger partial charge in [0.2, 0.25) is 5.91 Å². The Morgan fingerprint density at radius 3 is 2.31 bits per heavy atom. The lowest BCUT2D eigenvalue weighted by Crippen LogP contribution is -2.36. The van der Waals surface area contributed by atoms with Crippen LogP contribution in [-0.4, -0.2) is 41.0 Å². The van der Waals surface area contributed by atoms with Crippen LogP contribution in [0.4, 0.5) is 16.2 Å². The molecule has 0 saturated carbocycles. The molecule has 3 aromatic rings. The number of thioether (sulfide) groups is 1. The lowest BCUT2D eigenvalue weighted by atomic mass is 10.2. The van der Waals surface area contributed by atoms with Gasteiger partial charge in [0.25, 0.3) is 17.1 Å². The molecule has 1 heterocycles. The Balaban J connectivity index is 1.30.